The zero-order valence-electron chi connectivity index (χ0n) is 12.2. The van der Waals surface area contributed by atoms with Crippen LogP contribution in [0.2, 0.25) is 0 Å². The highest BCUT2D eigenvalue weighted by Gasteiger charge is 2.41. The predicted molar refractivity (Wildman–Crippen MR) is 74.0 cm³/mol. The van der Waals surface area contributed by atoms with Gasteiger partial charge >= 0.3 is 0 Å². The Kier molecular flexibility index (Phi) is 3.95. The number of hydrogen-bond acceptors (Lipinski definition) is 1. The van der Waals surface area contributed by atoms with Crippen LogP contribution >= 0.6 is 0 Å². The van der Waals surface area contributed by atoms with Crippen molar-refractivity contribution in [1.29, 1.82) is 0 Å². The van der Waals surface area contributed by atoms with E-state index < -0.39 is 11.6 Å². The molecule has 0 saturated heterocycles. The maximum atomic E-state index is 14.3. The van der Waals surface area contributed by atoms with Crippen molar-refractivity contribution >= 4 is 0 Å². The molecule has 1 aromatic carbocycles. The number of nitrogens with one attached hydrogen (secondary N) is 1. The van der Waals surface area contributed by atoms with Crippen LogP contribution in [0.3, 0.4) is 0 Å². The topological polar surface area (TPSA) is 12.0 Å². The first-order chi connectivity index (χ1) is 8.88. The van der Waals surface area contributed by atoms with Crippen molar-refractivity contribution in [2.24, 2.45) is 11.3 Å². The SMILES string of the molecule is CNC(c1c(F)ccc(C)c1F)C1CCCC1(C)C. The predicted octanol–water partition coefficient (Wildman–Crippen LogP) is 4.36. The van der Waals surface area contributed by atoms with E-state index in [0.29, 0.717) is 5.56 Å². The second kappa shape index (κ2) is 5.20. The molecule has 1 fully saturated rings. The van der Waals surface area contributed by atoms with Gasteiger partial charge in [0.15, 0.2) is 0 Å². The number of halogens is 2. The Labute approximate surface area is 114 Å². The molecular weight excluding hydrogens is 244 g/mol. The van der Waals surface area contributed by atoms with Crippen LogP contribution in [0, 0.1) is 29.9 Å². The van der Waals surface area contributed by atoms with Crippen molar-refractivity contribution < 1.29 is 8.78 Å². The number of rotatable bonds is 3. The number of aryl methyl sites for hydroxylation is 1. The van der Waals surface area contributed by atoms with E-state index in [1.54, 1.807) is 14.0 Å². The molecule has 0 amide bonds. The number of hydrogen-bond donors (Lipinski definition) is 1. The summed E-state index contributed by atoms with van der Waals surface area (Å²) < 4.78 is 28.4. The molecular formula is C16H23F2N. The fourth-order valence-electron chi connectivity index (χ4n) is 3.48. The summed E-state index contributed by atoms with van der Waals surface area (Å²) in [6.45, 7) is 6.08. The third kappa shape index (κ3) is 2.53. The molecule has 2 rings (SSSR count). The van der Waals surface area contributed by atoms with Gasteiger partial charge < -0.3 is 5.32 Å². The first-order valence-corrected chi connectivity index (χ1v) is 7.00. The molecule has 1 nitrogen and oxygen atoms in total. The number of benzene rings is 1. The molecule has 0 aliphatic heterocycles. The summed E-state index contributed by atoms with van der Waals surface area (Å²) in [6, 6.07) is 2.62. The second-order valence-electron chi connectivity index (χ2n) is 6.35. The maximum Gasteiger partial charge on any atom is 0.133 e. The first-order valence-electron chi connectivity index (χ1n) is 7.00. The van der Waals surface area contributed by atoms with Gasteiger partial charge in [-0.2, -0.15) is 0 Å². The average molecular weight is 267 g/mol. The van der Waals surface area contributed by atoms with E-state index in [-0.39, 0.29) is 22.9 Å². The van der Waals surface area contributed by atoms with Crippen molar-refractivity contribution in [1.82, 2.24) is 5.32 Å². The van der Waals surface area contributed by atoms with Crippen LogP contribution in [0.15, 0.2) is 12.1 Å². The lowest BCUT2D eigenvalue weighted by atomic mass is 9.75. The molecule has 0 bridgehead atoms. The smallest absolute Gasteiger partial charge is 0.133 e. The molecule has 1 aliphatic carbocycles. The van der Waals surface area contributed by atoms with Gasteiger partial charge in [0.25, 0.3) is 0 Å². The van der Waals surface area contributed by atoms with E-state index in [1.807, 2.05) is 0 Å². The van der Waals surface area contributed by atoms with Crippen molar-refractivity contribution in [3.63, 3.8) is 0 Å². The van der Waals surface area contributed by atoms with Crippen LogP contribution in [-0.4, -0.2) is 7.05 Å². The molecule has 0 radical (unpaired) electrons. The van der Waals surface area contributed by atoms with Crippen LogP contribution in [0.5, 0.6) is 0 Å². The Morgan fingerprint density at radius 1 is 1.32 bits per heavy atom. The van der Waals surface area contributed by atoms with Gasteiger partial charge in [-0.15, -0.1) is 0 Å². The Bertz CT molecular complexity index is 468. The van der Waals surface area contributed by atoms with Gasteiger partial charge in [0, 0.05) is 11.6 Å². The minimum atomic E-state index is -0.440. The van der Waals surface area contributed by atoms with E-state index in [9.17, 15) is 8.78 Å². The third-order valence-corrected chi connectivity index (χ3v) is 4.68. The minimum Gasteiger partial charge on any atom is -0.313 e. The molecule has 106 valence electrons. The van der Waals surface area contributed by atoms with Gasteiger partial charge in [-0.05, 0) is 49.8 Å². The molecule has 1 saturated carbocycles. The van der Waals surface area contributed by atoms with Gasteiger partial charge in [-0.25, -0.2) is 8.78 Å². The summed E-state index contributed by atoms with van der Waals surface area (Å²) in [7, 11) is 1.79. The Balaban J connectivity index is 2.46. The molecule has 2 atom stereocenters. The van der Waals surface area contributed by atoms with Gasteiger partial charge in [0.2, 0.25) is 0 Å². The third-order valence-electron chi connectivity index (χ3n) is 4.68. The van der Waals surface area contributed by atoms with Gasteiger partial charge in [-0.1, -0.05) is 26.3 Å². The average Bonchev–Trinajstić information content (AvgIpc) is 2.69. The summed E-state index contributed by atoms with van der Waals surface area (Å²) in [5.41, 5.74) is 0.839. The van der Waals surface area contributed by atoms with Gasteiger partial charge in [-0.3, -0.25) is 0 Å². The fraction of sp³-hybridized carbons (Fsp3) is 0.625. The molecule has 0 aromatic heterocycles. The van der Waals surface area contributed by atoms with E-state index in [0.717, 1.165) is 19.3 Å². The van der Waals surface area contributed by atoms with Crippen LogP contribution in [-0.2, 0) is 0 Å². The highest BCUT2D eigenvalue weighted by Crippen LogP contribution is 2.49. The van der Waals surface area contributed by atoms with Crippen molar-refractivity contribution in [2.45, 2.75) is 46.1 Å². The Morgan fingerprint density at radius 2 is 2.00 bits per heavy atom. The lowest BCUT2D eigenvalue weighted by Crippen LogP contribution is -2.33. The lowest BCUT2D eigenvalue weighted by Gasteiger charge is -2.34. The zero-order chi connectivity index (χ0) is 14.2. The van der Waals surface area contributed by atoms with Crippen molar-refractivity contribution in [3.8, 4) is 0 Å². The molecule has 1 N–H and O–H groups in total. The summed E-state index contributed by atoms with van der Waals surface area (Å²) in [5, 5.41) is 3.14. The van der Waals surface area contributed by atoms with Crippen LogP contribution < -0.4 is 5.32 Å². The van der Waals surface area contributed by atoms with Crippen molar-refractivity contribution in [3.05, 3.63) is 34.9 Å². The summed E-state index contributed by atoms with van der Waals surface area (Å²) in [4.78, 5) is 0. The quantitative estimate of drug-likeness (QED) is 0.858. The van der Waals surface area contributed by atoms with Gasteiger partial charge in [0.05, 0.1) is 0 Å². The van der Waals surface area contributed by atoms with E-state index in [1.165, 1.54) is 12.1 Å². The standard InChI is InChI=1S/C16H23F2N/c1-10-7-8-12(17)13(14(10)18)15(19-4)11-6-5-9-16(11,2)3/h7-8,11,15,19H,5-6,9H2,1-4H3. The molecule has 2 unspecified atom stereocenters. The largest absolute Gasteiger partial charge is 0.313 e. The fourth-order valence-corrected chi connectivity index (χ4v) is 3.48. The van der Waals surface area contributed by atoms with Crippen LogP contribution in [0.25, 0.3) is 0 Å². The van der Waals surface area contributed by atoms with Crippen LogP contribution in [0.4, 0.5) is 8.78 Å². The Morgan fingerprint density at radius 3 is 2.53 bits per heavy atom. The van der Waals surface area contributed by atoms with Gasteiger partial charge in [0.1, 0.15) is 11.6 Å². The van der Waals surface area contributed by atoms with Crippen LogP contribution in [0.1, 0.15) is 50.3 Å². The van der Waals surface area contributed by atoms with E-state index in [2.05, 4.69) is 19.2 Å². The lowest BCUT2D eigenvalue weighted by molar-refractivity contribution is 0.197. The zero-order valence-corrected chi connectivity index (χ0v) is 12.2. The summed E-state index contributed by atoms with van der Waals surface area (Å²) in [6.07, 6.45) is 3.27. The monoisotopic (exact) mass is 267 g/mol. The molecule has 19 heavy (non-hydrogen) atoms. The second-order valence-corrected chi connectivity index (χ2v) is 6.35. The first kappa shape index (κ1) is 14.4. The molecule has 0 heterocycles. The molecule has 1 aromatic rings. The van der Waals surface area contributed by atoms with E-state index >= 15 is 0 Å². The minimum absolute atomic E-state index is 0.121. The summed E-state index contributed by atoms with van der Waals surface area (Å²) in [5.74, 6) is -0.574. The van der Waals surface area contributed by atoms with Crippen molar-refractivity contribution in [2.75, 3.05) is 7.05 Å². The van der Waals surface area contributed by atoms with E-state index in [4.69, 9.17) is 0 Å². The maximum absolute atomic E-state index is 14.3. The Hall–Kier alpha value is -0.960. The highest BCUT2D eigenvalue weighted by molar-refractivity contribution is 5.30. The highest BCUT2D eigenvalue weighted by atomic mass is 19.1. The molecule has 1 aliphatic rings. The molecule has 3 heteroatoms. The molecule has 0 spiro atoms. The normalized spacial score (nSPS) is 23.6. The summed E-state index contributed by atoms with van der Waals surface area (Å²) >= 11 is 0.